The molecule has 0 saturated carbocycles. The van der Waals surface area contributed by atoms with E-state index in [0.717, 1.165) is 11.1 Å². The maximum Gasteiger partial charge on any atom is 0.503 e. The fourth-order valence-electron chi connectivity index (χ4n) is 0.803. The number of oxazole rings is 1. The Morgan fingerprint density at radius 1 is 1.31 bits per heavy atom. The fraction of sp³-hybridized carbons (Fsp3) is 0. The zero-order chi connectivity index (χ0) is 9.68. The van der Waals surface area contributed by atoms with E-state index < -0.39 is 6.16 Å². The van der Waals surface area contributed by atoms with Crippen LogP contribution in [0.2, 0.25) is 0 Å². The monoisotopic (exact) mass is 181 g/mol. The Bertz CT molecular complexity index is 361. The lowest BCUT2D eigenvalue weighted by Gasteiger charge is -1.79. The van der Waals surface area contributed by atoms with Gasteiger partial charge in [-0.1, -0.05) is 12.1 Å². The third kappa shape index (κ3) is 2.82. The summed E-state index contributed by atoms with van der Waals surface area (Å²) in [5, 5.41) is 13.9. The summed E-state index contributed by atoms with van der Waals surface area (Å²) in [5.41, 5.74) is 1.76. The normalized spacial score (nSPS) is 8.92. The second-order valence-electron chi connectivity index (χ2n) is 2.10. The maximum absolute atomic E-state index is 8.56. The number of fused-ring (bicyclic) bond motifs is 1. The van der Waals surface area contributed by atoms with Crippen LogP contribution in [-0.4, -0.2) is 21.4 Å². The molecule has 0 amide bonds. The lowest BCUT2D eigenvalue weighted by atomic mass is 10.3. The fourth-order valence-corrected chi connectivity index (χ4v) is 0.803. The summed E-state index contributed by atoms with van der Waals surface area (Å²) in [6.45, 7) is 0. The molecule has 1 aromatic heterocycles. The Hall–Kier alpha value is -2.04. The zero-order valence-electron chi connectivity index (χ0n) is 6.54. The van der Waals surface area contributed by atoms with Crippen LogP contribution in [0.5, 0.6) is 0 Å². The van der Waals surface area contributed by atoms with E-state index in [-0.39, 0.29) is 0 Å². The van der Waals surface area contributed by atoms with Gasteiger partial charge in [0.2, 0.25) is 0 Å². The maximum atomic E-state index is 8.56. The summed E-state index contributed by atoms with van der Waals surface area (Å²) < 4.78 is 5.01. The van der Waals surface area contributed by atoms with Gasteiger partial charge in [-0.25, -0.2) is 9.78 Å². The van der Waals surface area contributed by atoms with Gasteiger partial charge >= 0.3 is 6.16 Å². The van der Waals surface area contributed by atoms with Crippen molar-refractivity contribution in [1.82, 2.24) is 4.98 Å². The van der Waals surface area contributed by atoms with Gasteiger partial charge in [0.25, 0.3) is 0 Å². The van der Waals surface area contributed by atoms with Crippen LogP contribution in [0.15, 0.2) is 35.1 Å². The van der Waals surface area contributed by atoms with Crippen molar-refractivity contribution in [3.8, 4) is 0 Å². The van der Waals surface area contributed by atoms with Crippen molar-refractivity contribution in [1.29, 1.82) is 0 Å². The highest BCUT2D eigenvalue weighted by molar-refractivity contribution is 5.71. The Morgan fingerprint density at radius 2 is 1.92 bits per heavy atom. The van der Waals surface area contributed by atoms with Crippen molar-refractivity contribution < 1.29 is 19.4 Å². The van der Waals surface area contributed by atoms with Gasteiger partial charge in [0.1, 0.15) is 5.52 Å². The molecule has 0 aliphatic rings. The lowest BCUT2D eigenvalue weighted by Crippen LogP contribution is -1.81. The van der Waals surface area contributed by atoms with Gasteiger partial charge in [0.05, 0.1) is 0 Å². The predicted molar refractivity (Wildman–Crippen MR) is 44.7 cm³/mol. The number of carbonyl (C=O) groups is 1. The molecule has 0 atom stereocenters. The smallest absolute Gasteiger partial charge is 0.450 e. The minimum Gasteiger partial charge on any atom is -0.450 e. The van der Waals surface area contributed by atoms with Crippen molar-refractivity contribution >= 4 is 17.3 Å². The highest BCUT2D eigenvalue weighted by atomic mass is 16.6. The molecule has 2 rings (SSSR count). The zero-order valence-corrected chi connectivity index (χ0v) is 6.54. The number of hydrogen-bond acceptors (Lipinski definition) is 3. The first-order valence-electron chi connectivity index (χ1n) is 3.40. The van der Waals surface area contributed by atoms with E-state index in [1.54, 1.807) is 0 Å². The highest BCUT2D eigenvalue weighted by Crippen LogP contribution is 2.09. The van der Waals surface area contributed by atoms with Crippen molar-refractivity contribution in [3.05, 3.63) is 30.7 Å². The SMILES string of the molecule is O=C(O)O.c1ccc2ocnc2c1. The number of carboxylic acid groups (broad SMARTS) is 2. The Kier molecular flexibility index (Phi) is 2.86. The molecule has 0 aliphatic heterocycles. The van der Waals surface area contributed by atoms with Crippen LogP contribution in [0.3, 0.4) is 0 Å². The Balaban J connectivity index is 0.000000184. The first kappa shape index (κ1) is 9.05. The van der Waals surface area contributed by atoms with Crippen LogP contribution in [0.25, 0.3) is 11.1 Å². The Labute approximate surface area is 73.2 Å². The average Bonchev–Trinajstić information content (AvgIpc) is 2.49. The topological polar surface area (TPSA) is 83.6 Å². The molecule has 2 N–H and O–H groups in total. The van der Waals surface area contributed by atoms with Crippen LogP contribution in [-0.2, 0) is 0 Å². The number of para-hydroxylation sites is 2. The van der Waals surface area contributed by atoms with Gasteiger partial charge in [-0.3, -0.25) is 0 Å². The van der Waals surface area contributed by atoms with Crippen molar-refractivity contribution in [2.75, 3.05) is 0 Å². The van der Waals surface area contributed by atoms with E-state index in [4.69, 9.17) is 19.4 Å². The summed E-state index contributed by atoms with van der Waals surface area (Å²) in [7, 11) is 0. The largest absolute Gasteiger partial charge is 0.503 e. The molecule has 2 aromatic rings. The van der Waals surface area contributed by atoms with E-state index in [9.17, 15) is 0 Å². The number of benzene rings is 1. The quantitative estimate of drug-likeness (QED) is 0.649. The van der Waals surface area contributed by atoms with Crippen molar-refractivity contribution in [2.45, 2.75) is 0 Å². The first-order chi connectivity index (χ1) is 6.20. The molecule has 0 saturated heterocycles. The lowest BCUT2D eigenvalue weighted by molar-refractivity contribution is 0.137. The molecule has 68 valence electrons. The average molecular weight is 181 g/mol. The molecule has 0 aliphatic carbocycles. The van der Waals surface area contributed by atoms with Crippen LogP contribution in [0, 0.1) is 0 Å². The van der Waals surface area contributed by atoms with Crippen molar-refractivity contribution in [3.63, 3.8) is 0 Å². The van der Waals surface area contributed by atoms with Gasteiger partial charge in [-0.05, 0) is 12.1 Å². The molecule has 0 radical (unpaired) electrons. The number of nitrogens with zero attached hydrogens (tertiary/aromatic N) is 1. The molecule has 13 heavy (non-hydrogen) atoms. The number of rotatable bonds is 0. The van der Waals surface area contributed by atoms with Crippen LogP contribution in [0.1, 0.15) is 0 Å². The predicted octanol–water partition coefficient (Wildman–Crippen LogP) is 2.05. The van der Waals surface area contributed by atoms with Crippen molar-refractivity contribution in [2.24, 2.45) is 0 Å². The van der Waals surface area contributed by atoms with E-state index in [2.05, 4.69) is 4.98 Å². The summed E-state index contributed by atoms with van der Waals surface area (Å²) in [6.07, 6.45) is -0.384. The van der Waals surface area contributed by atoms with E-state index in [0.29, 0.717) is 0 Å². The summed E-state index contributed by atoms with van der Waals surface area (Å²) in [4.78, 5) is 12.5. The highest BCUT2D eigenvalue weighted by Gasteiger charge is 1.91. The van der Waals surface area contributed by atoms with Crippen LogP contribution >= 0.6 is 0 Å². The van der Waals surface area contributed by atoms with Gasteiger partial charge < -0.3 is 14.6 Å². The van der Waals surface area contributed by atoms with Gasteiger partial charge in [-0.2, -0.15) is 0 Å². The third-order valence-electron chi connectivity index (χ3n) is 1.24. The molecule has 0 spiro atoms. The molecule has 0 fully saturated rings. The van der Waals surface area contributed by atoms with E-state index >= 15 is 0 Å². The molecule has 1 heterocycles. The van der Waals surface area contributed by atoms with E-state index in [1.165, 1.54) is 6.39 Å². The third-order valence-corrected chi connectivity index (χ3v) is 1.24. The molecular formula is C8H7NO4. The number of hydrogen-bond donors (Lipinski definition) is 2. The number of aromatic nitrogens is 1. The second kappa shape index (κ2) is 4.10. The standard InChI is InChI=1S/C7H5NO.CH2O3/c1-2-4-7-6(3-1)8-5-9-7;2-1(3)4/h1-5H;(H2,2,3,4). The molecule has 1 aromatic carbocycles. The first-order valence-corrected chi connectivity index (χ1v) is 3.40. The summed E-state index contributed by atoms with van der Waals surface area (Å²) in [6, 6.07) is 7.67. The van der Waals surface area contributed by atoms with Crippen LogP contribution < -0.4 is 0 Å². The van der Waals surface area contributed by atoms with E-state index in [1.807, 2.05) is 24.3 Å². The van der Waals surface area contributed by atoms with Gasteiger partial charge in [0.15, 0.2) is 12.0 Å². The molecule has 5 heteroatoms. The molecular weight excluding hydrogens is 174 g/mol. The molecule has 0 bridgehead atoms. The summed E-state index contributed by atoms with van der Waals surface area (Å²) >= 11 is 0. The molecule has 5 nitrogen and oxygen atoms in total. The Morgan fingerprint density at radius 3 is 2.54 bits per heavy atom. The summed E-state index contributed by atoms with van der Waals surface area (Å²) in [5.74, 6) is 0. The van der Waals surface area contributed by atoms with Gasteiger partial charge in [0, 0.05) is 0 Å². The minimum absolute atomic E-state index is 0.845. The second-order valence-corrected chi connectivity index (χ2v) is 2.10. The minimum atomic E-state index is -1.83. The van der Waals surface area contributed by atoms with Crippen LogP contribution in [0.4, 0.5) is 4.79 Å². The molecule has 0 unspecified atom stereocenters. The van der Waals surface area contributed by atoms with Gasteiger partial charge in [-0.15, -0.1) is 0 Å².